The van der Waals surface area contributed by atoms with Gasteiger partial charge in [-0.2, -0.15) is 0 Å². The molecule has 0 aromatic heterocycles. The fourth-order valence-electron chi connectivity index (χ4n) is 1.46. The fourth-order valence-corrected chi connectivity index (χ4v) is 1.72. The van der Waals surface area contributed by atoms with Gasteiger partial charge in [-0.1, -0.05) is 11.6 Å². The highest BCUT2D eigenvalue weighted by Gasteiger charge is 2.14. The number of nitro benzene ring substituents is 1. The molecule has 9 heteroatoms. The lowest BCUT2D eigenvalue weighted by molar-refractivity contribution is -0.384. The molecule has 0 heterocycles. The van der Waals surface area contributed by atoms with Gasteiger partial charge in [-0.3, -0.25) is 14.9 Å². The maximum atomic E-state index is 11.8. The zero-order valence-electron chi connectivity index (χ0n) is 11.4. The van der Waals surface area contributed by atoms with Gasteiger partial charge in [0.15, 0.2) is 0 Å². The van der Waals surface area contributed by atoms with Gasteiger partial charge in [0.25, 0.3) is 11.6 Å². The molecule has 0 spiro atoms. The molecule has 7 nitrogen and oxygen atoms in total. The van der Waals surface area contributed by atoms with Crippen LogP contribution in [-0.4, -0.2) is 44.2 Å². The van der Waals surface area contributed by atoms with Gasteiger partial charge in [0, 0.05) is 38.9 Å². The highest BCUT2D eigenvalue weighted by Crippen LogP contribution is 2.22. The first-order chi connectivity index (χ1) is 9.56. The predicted molar refractivity (Wildman–Crippen MR) is 82.4 cm³/mol. The topological polar surface area (TPSA) is 93.5 Å². The Hall–Kier alpha value is -1.41. The van der Waals surface area contributed by atoms with Crippen molar-refractivity contribution < 1.29 is 14.5 Å². The molecule has 0 unspecified atom stereocenters. The van der Waals surface area contributed by atoms with Gasteiger partial charge in [-0.25, -0.2) is 0 Å². The first kappa shape index (κ1) is 19.6. The molecule has 0 atom stereocenters. The van der Waals surface area contributed by atoms with E-state index in [1.807, 2.05) is 0 Å². The summed E-state index contributed by atoms with van der Waals surface area (Å²) in [5.41, 5.74) is 0.0712. The van der Waals surface area contributed by atoms with Crippen LogP contribution in [0.2, 0.25) is 5.02 Å². The van der Waals surface area contributed by atoms with Gasteiger partial charge in [-0.05, 0) is 6.07 Å². The molecule has 0 fully saturated rings. The number of ether oxygens (including phenoxy) is 1. The molecule has 0 aliphatic carbocycles. The quantitative estimate of drug-likeness (QED) is 0.427. The number of hydrogen-bond acceptors (Lipinski definition) is 5. The van der Waals surface area contributed by atoms with Crippen LogP contribution in [-0.2, 0) is 4.74 Å². The third-order valence-electron chi connectivity index (χ3n) is 2.48. The van der Waals surface area contributed by atoms with Gasteiger partial charge in [0.05, 0.1) is 22.1 Å². The molecule has 0 saturated carbocycles. The van der Waals surface area contributed by atoms with Crippen LogP contribution in [0.1, 0.15) is 10.4 Å². The van der Waals surface area contributed by atoms with E-state index in [2.05, 4.69) is 10.6 Å². The van der Waals surface area contributed by atoms with Crippen molar-refractivity contribution in [2.24, 2.45) is 0 Å². The number of non-ortho nitro benzene ring substituents is 1. The van der Waals surface area contributed by atoms with E-state index in [9.17, 15) is 14.9 Å². The molecule has 1 aromatic carbocycles. The number of benzene rings is 1. The fraction of sp³-hybridized carbons (Fsp3) is 0.417. The highest BCUT2D eigenvalue weighted by atomic mass is 35.5. The van der Waals surface area contributed by atoms with E-state index < -0.39 is 4.92 Å². The zero-order chi connectivity index (χ0) is 15.0. The summed E-state index contributed by atoms with van der Waals surface area (Å²) in [5.74, 6) is -0.363. The van der Waals surface area contributed by atoms with E-state index in [1.54, 1.807) is 7.11 Å². The monoisotopic (exact) mass is 337 g/mol. The number of nitro groups is 1. The normalized spacial score (nSPS) is 9.81. The summed E-state index contributed by atoms with van der Waals surface area (Å²) in [6, 6.07) is 3.75. The Morgan fingerprint density at radius 3 is 2.67 bits per heavy atom. The van der Waals surface area contributed by atoms with Crippen molar-refractivity contribution in [3.8, 4) is 0 Å². The molecule has 1 amide bonds. The second kappa shape index (κ2) is 10.3. The van der Waals surface area contributed by atoms with Crippen LogP contribution in [0.3, 0.4) is 0 Å². The van der Waals surface area contributed by atoms with Crippen LogP contribution >= 0.6 is 24.0 Å². The van der Waals surface area contributed by atoms with Crippen molar-refractivity contribution >= 4 is 35.6 Å². The minimum atomic E-state index is -0.562. The molecule has 0 aliphatic rings. The SMILES string of the molecule is COCCNCCNC(=O)c1ccc([N+](=O)[O-])cc1Cl.Cl. The van der Waals surface area contributed by atoms with E-state index in [0.29, 0.717) is 26.2 Å². The molecule has 2 N–H and O–H groups in total. The van der Waals surface area contributed by atoms with Crippen LogP contribution in [0.4, 0.5) is 5.69 Å². The molecule has 0 aliphatic heterocycles. The molecular formula is C12H17Cl2N3O4. The average Bonchev–Trinajstić information content (AvgIpc) is 2.42. The minimum Gasteiger partial charge on any atom is -0.383 e. The van der Waals surface area contributed by atoms with E-state index >= 15 is 0 Å². The summed E-state index contributed by atoms with van der Waals surface area (Å²) >= 11 is 5.85. The smallest absolute Gasteiger partial charge is 0.270 e. The Kier molecular flexibility index (Phi) is 9.64. The lowest BCUT2D eigenvalue weighted by atomic mass is 10.2. The number of nitrogens with zero attached hydrogens (tertiary/aromatic N) is 1. The number of halogens is 2. The van der Waals surface area contributed by atoms with Gasteiger partial charge in [0.1, 0.15) is 0 Å². The van der Waals surface area contributed by atoms with Crippen molar-refractivity contribution in [1.29, 1.82) is 0 Å². The van der Waals surface area contributed by atoms with Crippen molar-refractivity contribution in [3.63, 3.8) is 0 Å². The van der Waals surface area contributed by atoms with E-state index in [1.165, 1.54) is 12.1 Å². The lowest BCUT2D eigenvalue weighted by Crippen LogP contribution is -2.33. The summed E-state index contributed by atoms with van der Waals surface area (Å²) in [6.07, 6.45) is 0. The van der Waals surface area contributed by atoms with Crippen molar-refractivity contribution in [2.75, 3.05) is 33.4 Å². The number of carbonyl (C=O) groups excluding carboxylic acids is 1. The van der Waals surface area contributed by atoms with E-state index in [0.717, 1.165) is 6.07 Å². The first-order valence-electron chi connectivity index (χ1n) is 5.98. The number of carbonyl (C=O) groups is 1. The Labute approximate surface area is 133 Å². The molecule has 1 aromatic rings. The second-order valence-electron chi connectivity index (χ2n) is 3.92. The molecule has 1 rings (SSSR count). The Balaban J connectivity index is 0.00000400. The van der Waals surface area contributed by atoms with Crippen molar-refractivity contribution in [3.05, 3.63) is 38.9 Å². The molecule has 21 heavy (non-hydrogen) atoms. The number of methoxy groups -OCH3 is 1. The van der Waals surface area contributed by atoms with Crippen molar-refractivity contribution in [1.82, 2.24) is 10.6 Å². The molecule has 118 valence electrons. The third kappa shape index (κ3) is 6.72. The second-order valence-corrected chi connectivity index (χ2v) is 4.33. The van der Waals surface area contributed by atoms with Gasteiger partial charge >= 0.3 is 0 Å². The number of hydrogen-bond donors (Lipinski definition) is 2. The number of nitrogens with one attached hydrogen (secondary N) is 2. The van der Waals surface area contributed by atoms with Gasteiger partial charge < -0.3 is 15.4 Å². The van der Waals surface area contributed by atoms with Crippen LogP contribution in [0.25, 0.3) is 0 Å². The molecule has 0 saturated heterocycles. The Morgan fingerprint density at radius 1 is 1.38 bits per heavy atom. The van der Waals surface area contributed by atoms with Gasteiger partial charge in [-0.15, -0.1) is 12.4 Å². The summed E-state index contributed by atoms with van der Waals surface area (Å²) < 4.78 is 4.86. The number of amides is 1. The van der Waals surface area contributed by atoms with Crippen LogP contribution < -0.4 is 10.6 Å². The highest BCUT2D eigenvalue weighted by molar-refractivity contribution is 6.34. The summed E-state index contributed by atoms with van der Waals surface area (Å²) in [6.45, 7) is 2.32. The van der Waals surface area contributed by atoms with Crippen LogP contribution in [0.5, 0.6) is 0 Å². The maximum absolute atomic E-state index is 11.8. The summed E-state index contributed by atoms with van der Waals surface area (Å²) in [4.78, 5) is 21.8. The Morgan fingerprint density at radius 2 is 2.10 bits per heavy atom. The third-order valence-corrected chi connectivity index (χ3v) is 2.79. The van der Waals surface area contributed by atoms with Crippen LogP contribution in [0, 0.1) is 10.1 Å². The maximum Gasteiger partial charge on any atom is 0.270 e. The molecule has 0 radical (unpaired) electrons. The lowest BCUT2D eigenvalue weighted by Gasteiger charge is -2.07. The van der Waals surface area contributed by atoms with Crippen LogP contribution in [0.15, 0.2) is 18.2 Å². The number of rotatable bonds is 8. The van der Waals surface area contributed by atoms with Gasteiger partial charge in [0.2, 0.25) is 0 Å². The minimum absolute atomic E-state index is 0. The van der Waals surface area contributed by atoms with Crippen molar-refractivity contribution in [2.45, 2.75) is 0 Å². The molecule has 0 bridgehead atoms. The van der Waals surface area contributed by atoms with E-state index in [4.69, 9.17) is 16.3 Å². The summed E-state index contributed by atoms with van der Waals surface area (Å²) in [5, 5.41) is 16.4. The Bertz CT molecular complexity index is 486. The average molecular weight is 338 g/mol. The standard InChI is InChI=1S/C12H16ClN3O4.ClH/c1-20-7-6-14-4-5-15-12(17)10-3-2-9(16(18)19)8-11(10)13;/h2-3,8,14H,4-7H2,1H3,(H,15,17);1H. The molecular weight excluding hydrogens is 321 g/mol. The predicted octanol–water partition coefficient (Wildman–Crippen LogP) is 1.64. The summed E-state index contributed by atoms with van der Waals surface area (Å²) in [7, 11) is 1.61. The largest absolute Gasteiger partial charge is 0.383 e. The van der Waals surface area contributed by atoms with E-state index in [-0.39, 0.29) is 34.6 Å². The first-order valence-corrected chi connectivity index (χ1v) is 6.36. The zero-order valence-corrected chi connectivity index (χ0v) is 13.0.